The van der Waals surface area contributed by atoms with Gasteiger partial charge < -0.3 is 5.32 Å². The second kappa shape index (κ2) is 8.21. The van der Waals surface area contributed by atoms with Gasteiger partial charge in [0.25, 0.3) is 0 Å². The van der Waals surface area contributed by atoms with Gasteiger partial charge in [0.15, 0.2) is 9.84 Å². The first-order valence-corrected chi connectivity index (χ1v) is 11.1. The van der Waals surface area contributed by atoms with Crippen molar-refractivity contribution in [2.75, 3.05) is 11.1 Å². The molecule has 0 aliphatic heterocycles. The number of carbonyl (C=O) groups is 1. The maximum absolute atomic E-state index is 13.3. The molecule has 0 unspecified atom stereocenters. The zero-order valence-corrected chi connectivity index (χ0v) is 17.7. The number of anilines is 1. The molecule has 5 heteroatoms. The summed E-state index contributed by atoms with van der Waals surface area (Å²) in [5.74, 6) is -0.685. The standard InChI is InChI=1S/C24H25NO3S/c1-18-9-13-20(14-10-18)24(3,17-29(27,28)22-7-5-4-6-8-22)23(26)25-21-15-11-19(2)12-16-21/h4-16H,17H2,1-3H3,(H,25,26)/t24-/m1/s1. The molecule has 0 heterocycles. The lowest BCUT2D eigenvalue weighted by Crippen LogP contribution is -2.43. The van der Waals surface area contributed by atoms with Crippen molar-refractivity contribution in [1.29, 1.82) is 0 Å². The topological polar surface area (TPSA) is 63.2 Å². The van der Waals surface area contributed by atoms with Crippen LogP contribution in [0.15, 0.2) is 83.8 Å². The van der Waals surface area contributed by atoms with Gasteiger partial charge in [0.2, 0.25) is 5.91 Å². The molecule has 0 aliphatic carbocycles. The number of hydrogen-bond donors (Lipinski definition) is 1. The van der Waals surface area contributed by atoms with Crippen LogP contribution in [-0.2, 0) is 20.0 Å². The van der Waals surface area contributed by atoms with Crippen molar-refractivity contribution >= 4 is 21.4 Å². The summed E-state index contributed by atoms with van der Waals surface area (Å²) in [6.45, 7) is 5.60. The Hall–Kier alpha value is -2.92. The van der Waals surface area contributed by atoms with Crippen LogP contribution in [0.2, 0.25) is 0 Å². The molecule has 3 aromatic carbocycles. The van der Waals surface area contributed by atoms with E-state index in [-0.39, 0.29) is 16.6 Å². The van der Waals surface area contributed by atoms with Crippen molar-refractivity contribution in [3.8, 4) is 0 Å². The Bertz CT molecular complexity index is 1090. The minimum absolute atomic E-state index is 0.210. The van der Waals surface area contributed by atoms with Gasteiger partial charge in [0, 0.05) is 5.69 Å². The summed E-state index contributed by atoms with van der Waals surface area (Å²) in [4.78, 5) is 13.5. The molecule has 1 amide bonds. The summed E-state index contributed by atoms with van der Waals surface area (Å²) in [6.07, 6.45) is 0. The van der Waals surface area contributed by atoms with Crippen LogP contribution >= 0.6 is 0 Å². The highest BCUT2D eigenvalue weighted by Crippen LogP contribution is 2.30. The lowest BCUT2D eigenvalue weighted by Gasteiger charge is -2.29. The number of rotatable bonds is 6. The van der Waals surface area contributed by atoms with E-state index >= 15 is 0 Å². The highest BCUT2D eigenvalue weighted by molar-refractivity contribution is 7.91. The van der Waals surface area contributed by atoms with Crippen LogP contribution < -0.4 is 5.32 Å². The molecule has 29 heavy (non-hydrogen) atoms. The molecule has 0 fully saturated rings. The Morgan fingerprint density at radius 1 is 0.828 bits per heavy atom. The minimum atomic E-state index is -3.68. The van der Waals surface area contributed by atoms with Gasteiger partial charge in [-0.1, -0.05) is 65.7 Å². The Labute approximate surface area is 172 Å². The molecule has 0 radical (unpaired) electrons. The quantitative estimate of drug-likeness (QED) is 0.646. The number of benzene rings is 3. The third-order valence-electron chi connectivity index (χ3n) is 5.08. The molecule has 0 saturated carbocycles. The van der Waals surface area contributed by atoms with Crippen LogP contribution in [0.4, 0.5) is 5.69 Å². The summed E-state index contributed by atoms with van der Waals surface area (Å²) in [6, 6.07) is 23.1. The van der Waals surface area contributed by atoms with Crippen LogP contribution in [0, 0.1) is 13.8 Å². The third-order valence-corrected chi connectivity index (χ3v) is 7.03. The van der Waals surface area contributed by atoms with Crippen LogP contribution in [0.1, 0.15) is 23.6 Å². The van der Waals surface area contributed by atoms with E-state index < -0.39 is 15.3 Å². The first kappa shape index (κ1) is 20.8. The van der Waals surface area contributed by atoms with E-state index in [2.05, 4.69) is 5.32 Å². The highest BCUT2D eigenvalue weighted by Gasteiger charge is 2.40. The zero-order chi connectivity index (χ0) is 21.1. The van der Waals surface area contributed by atoms with Crippen LogP contribution in [0.25, 0.3) is 0 Å². The Balaban J connectivity index is 2.00. The zero-order valence-electron chi connectivity index (χ0n) is 16.8. The maximum Gasteiger partial charge on any atom is 0.235 e. The van der Waals surface area contributed by atoms with Crippen molar-refractivity contribution in [3.63, 3.8) is 0 Å². The van der Waals surface area contributed by atoms with Crippen molar-refractivity contribution in [3.05, 3.63) is 95.6 Å². The molecule has 4 nitrogen and oxygen atoms in total. The van der Waals surface area contributed by atoms with Gasteiger partial charge in [-0.2, -0.15) is 0 Å². The van der Waals surface area contributed by atoms with E-state index in [1.807, 2.05) is 62.4 Å². The number of nitrogens with one attached hydrogen (secondary N) is 1. The van der Waals surface area contributed by atoms with Gasteiger partial charge in [-0.3, -0.25) is 4.79 Å². The predicted molar refractivity (Wildman–Crippen MR) is 117 cm³/mol. The molecular formula is C24H25NO3S. The van der Waals surface area contributed by atoms with E-state index in [4.69, 9.17) is 0 Å². The van der Waals surface area contributed by atoms with Crippen molar-refractivity contribution in [2.45, 2.75) is 31.1 Å². The molecule has 3 aromatic rings. The highest BCUT2D eigenvalue weighted by atomic mass is 32.2. The molecule has 1 atom stereocenters. The van der Waals surface area contributed by atoms with E-state index in [1.165, 1.54) is 0 Å². The van der Waals surface area contributed by atoms with Crippen LogP contribution in [-0.4, -0.2) is 20.1 Å². The fourth-order valence-electron chi connectivity index (χ4n) is 3.20. The SMILES string of the molecule is Cc1ccc(NC(=O)[C@](C)(CS(=O)(=O)c2ccccc2)c2ccc(C)cc2)cc1. The molecule has 0 bridgehead atoms. The second-order valence-electron chi connectivity index (χ2n) is 7.59. The first-order chi connectivity index (χ1) is 13.7. The van der Waals surface area contributed by atoms with Gasteiger partial charge in [-0.15, -0.1) is 0 Å². The molecule has 0 saturated heterocycles. The summed E-state index contributed by atoms with van der Waals surface area (Å²) in [5, 5.41) is 2.89. The summed E-state index contributed by atoms with van der Waals surface area (Å²) in [7, 11) is -3.68. The van der Waals surface area contributed by atoms with Gasteiger partial charge in [-0.05, 0) is 50.6 Å². The van der Waals surface area contributed by atoms with E-state index in [0.29, 0.717) is 11.3 Å². The summed E-state index contributed by atoms with van der Waals surface area (Å²) >= 11 is 0. The normalized spacial score (nSPS) is 13.5. The Kier molecular flexibility index (Phi) is 5.89. The molecule has 0 aliphatic rings. The number of aryl methyl sites for hydroxylation is 2. The average molecular weight is 408 g/mol. The van der Waals surface area contributed by atoms with E-state index in [9.17, 15) is 13.2 Å². The number of carbonyl (C=O) groups excluding carboxylic acids is 1. The minimum Gasteiger partial charge on any atom is -0.325 e. The summed E-state index contributed by atoms with van der Waals surface area (Å²) < 4.78 is 26.2. The number of hydrogen-bond acceptors (Lipinski definition) is 3. The third kappa shape index (κ3) is 4.74. The molecule has 1 N–H and O–H groups in total. The maximum atomic E-state index is 13.3. The fourth-order valence-corrected chi connectivity index (χ4v) is 4.99. The molecule has 0 aromatic heterocycles. The molecular weight excluding hydrogens is 382 g/mol. The summed E-state index contributed by atoms with van der Waals surface area (Å²) in [5.41, 5.74) is 2.16. The molecule has 150 valence electrons. The predicted octanol–water partition coefficient (Wildman–Crippen LogP) is 4.67. The second-order valence-corrected chi connectivity index (χ2v) is 9.58. The average Bonchev–Trinajstić information content (AvgIpc) is 2.70. The van der Waals surface area contributed by atoms with Crippen molar-refractivity contribution < 1.29 is 13.2 Å². The molecule has 0 spiro atoms. The lowest BCUT2D eigenvalue weighted by atomic mass is 9.83. The Morgan fingerprint density at radius 2 is 1.34 bits per heavy atom. The van der Waals surface area contributed by atoms with Gasteiger partial charge >= 0.3 is 0 Å². The van der Waals surface area contributed by atoms with E-state index in [0.717, 1.165) is 11.1 Å². The number of amides is 1. The Morgan fingerprint density at radius 3 is 1.90 bits per heavy atom. The van der Waals surface area contributed by atoms with Gasteiger partial charge in [0.05, 0.1) is 16.1 Å². The van der Waals surface area contributed by atoms with Crippen molar-refractivity contribution in [2.24, 2.45) is 0 Å². The van der Waals surface area contributed by atoms with E-state index in [1.54, 1.807) is 37.3 Å². The largest absolute Gasteiger partial charge is 0.325 e. The number of sulfone groups is 1. The fraction of sp³-hybridized carbons (Fsp3) is 0.208. The monoisotopic (exact) mass is 407 g/mol. The van der Waals surface area contributed by atoms with Gasteiger partial charge in [0.1, 0.15) is 0 Å². The first-order valence-electron chi connectivity index (χ1n) is 9.44. The smallest absolute Gasteiger partial charge is 0.235 e. The molecule has 3 rings (SSSR count). The van der Waals surface area contributed by atoms with Crippen LogP contribution in [0.3, 0.4) is 0 Å². The lowest BCUT2D eigenvalue weighted by molar-refractivity contribution is -0.120. The van der Waals surface area contributed by atoms with Gasteiger partial charge in [-0.25, -0.2) is 8.42 Å². The van der Waals surface area contributed by atoms with Crippen LogP contribution in [0.5, 0.6) is 0 Å². The van der Waals surface area contributed by atoms with Crippen molar-refractivity contribution in [1.82, 2.24) is 0 Å².